The summed E-state index contributed by atoms with van der Waals surface area (Å²) in [5.41, 5.74) is 20.8. The lowest BCUT2D eigenvalue weighted by Crippen LogP contribution is -2.19. The first-order chi connectivity index (χ1) is 13.4. The van der Waals surface area contributed by atoms with E-state index in [4.69, 9.17) is 0 Å². The van der Waals surface area contributed by atoms with Gasteiger partial charge in [0, 0.05) is 5.41 Å². The van der Waals surface area contributed by atoms with Gasteiger partial charge in [0.1, 0.15) is 0 Å². The smallest absolute Gasteiger partial charge is 0.0168 e. The van der Waals surface area contributed by atoms with Gasteiger partial charge in [-0.1, -0.05) is 13.8 Å². The Kier molecular flexibility index (Phi) is 4.16. The van der Waals surface area contributed by atoms with Gasteiger partial charge in [-0.15, -0.1) is 0 Å². The molecule has 0 saturated heterocycles. The Morgan fingerprint density at radius 2 is 0.690 bits per heavy atom. The molecule has 0 aromatic heterocycles. The Labute approximate surface area is 177 Å². The van der Waals surface area contributed by atoms with E-state index < -0.39 is 0 Å². The molecule has 0 bridgehead atoms. The van der Waals surface area contributed by atoms with E-state index in [1.807, 2.05) is 0 Å². The molecular weight excluding hydrogens is 348 g/mol. The molecule has 0 saturated carbocycles. The van der Waals surface area contributed by atoms with E-state index in [0.717, 1.165) is 0 Å². The highest BCUT2D eigenvalue weighted by Crippen LogP contribution is 2.57. The van der Waals surface area contributed by atoms with E-state index >= 15 is 0 Å². The maximum Gasteiger partial charge on any atom is 0.0168 e. The molecule has 0 fully saturated rings. The molecule has 3 aromatic rings. The SMILES string of the molecule is Cc1c(C)c(C)c2c(c1C)-c1c(C)c(C)c3c(C)c(C)c(C)c(C)c3c1C2(C)C. The van der Waals surface area contributed by atoms with Crippen LogP contribution in [0.25, 0.3) is 21.9 Å². The van der Waals surface area contributed by atoms with E-state index in [1.165, 1.54) is 77.5 Å². The van der Waals surface area contributed by atoms with Crippen molar-refractivity contribution in [2.24, 2.45) is 0 Å². The van der Waals surface area contributed by atoms with E-state index in [-0.39, 0.29) is 5.41 Å². The molecule has 0 heterocycles. The number of aryl methyl sites for hydroxylation is 3. The van der Waals surface area contributed by atoms with Gasteiger partial charge in [-0.05, 0) is 158 Å². The van der Waals surface area contributed by atoms with Crippen LogP contribution in [0.3, 0.4) is 0 Å². The van der Waals surface area contributed by atoms with Crippen LogP contribution in [0.5, 0.6) is 0 Å². The monoisotopic (exact) mass is 384 g/mol. The van der Waals surface area contributed by atoms with Crippen LogP contribution in [0.2, 0.25) is 0 Å². The Balaban J connectivity index is 2.39. The Morgan fingerprint density at radius 1 is 0.345 bits per heavy atom. The molecule has 1 aliphatic carbocycles. The maximum atomic E-state index is 2.46. The van der Waals surface area contributed by atoms with Crippen LogP contribution in [-0.4, -0.2) is 0 Å². The molecule has 0 aliphatic heterocycles. The van der Waals surface area contributed by atoms with Crippen molar-refractivity contribution in [1.29, 1.82) is 0 Å². The van der Waals surface area contributed by atoms with Gasteiger partial charge >= 0.3 is 0 Å². The third-order valence-electron chi connectivity index (χ3n) is 8.69. The lowest BCUT2D eigenvalue weighted by atomic mass is 9.74. The van der Waals surface area contributed by atoms with Gasteiger partial charge < -0.3 is 0 Å². The van der Waals surface area contributed by atoms with Crippen molar-refractivity contribution in [1.82, 2.24) is 0 Å². The van der Waals surface area contributed by atoms with Gasteiger partial charge in [0.05, 0.1) is 0 Å². The van der Waals surface area contributed by atoms with Crippen LogP contribution < -0.4 is 0 Å². The van der Waals surface area contributed by atoms with Crippen LogP contribution in [0.4, 0.5) is 0 Å². The third kappa shape index (κ3) is 2.21. The fraction of sp³-hybridized carbons (Fsp3) is 0.448. The van der Waals surface area contributed by atoms with E-state index in [0.29, 0.717) is 0 Å². The summed E-state index contributed by atoms with van der Waals surface area (Å²) >= 11 is 0. The number of hydrogen-bond acceptors (Lipinski definition) is 0. The third-order valence-corrected chi connectivity index (χ3v) is 8.69. The Morgan fingerprint density at radius 3 is 1.24 bits per heavy atom. The minimum atomic E-state index is 0.00752. The minimum absolute atomic E-state index is 0.00752. The fourth-order valence-corrected chi connectivity index (χ4v) is 6.25. The Hall–Kier alpha value is -2.08. The molecule has 4 rings (SSSR count). The summed E-state index contributed by atoms with van der Waals surface area (Å²) in [6, 6.07) is 0. The van der Waals surface area contributed by atoms with Crippen molar-refractivity contribution in [3.63, 3.8) is 0 Å². The molecule has 0 nitrogen and oxygen atoms in total. The predicted octanol–water partition coefficient (Wildman–Crippen LogP) is 8.23. The molecule has 152 valence electrons. The highest BCUT2D eigenvalue weighted by molar-refractivity contribution is 6.05. The second kappa shape index (κ2) is 5.97. The summed E-state index contributed by atoms with van der Waals surface area (Å²) in [5, 5.41) is 3.01. The van der Waals surface area contributed by atoms with Crippen molar-refractivity contribution in [3.05, 3.63) is 66.8 Å². The number of hydrogen-bond donors (Lipinski definition) is 0. The molecule has 3 aromatic carbocycles. The van der Waals surface area contributed by atoms with Crippen molar-refractivity contribution in [2.75, 3.05) is 0 Å². The zero-order chi connectivity index (χ0) is 21.7. The summed E-state index contributed by atoms with van der Waals surface area (Å²) in [4.78, 5) is 0. The standard InChI is InChI=1S/C29H36/c1-13-14(2)18(6)24-23(17(13)5)20(8)21(9)26-25-19(7)15(3)16(4)22(10)27(25)29(11,12)28(24)26/h1-12H3. The molecule has 0 radical (unpaired) electrons. The van der Waals surface area contributed by atoms with E-state index in [2.05, 4.69) is 83.1 Å². The quantitative estimate of drug-likeness (QED) is 0.366. The molecule has 0 unspecified atom stereocenters. The van der Waals surface area contributed by atoms with Crippen LogP contribution in [0.15, 0.2) is 0 Å². The molecule has 1 aliphatic rings. The van der Waals surface area contributed by atoms with E-state index in [1.54, 1.807) is 11.1 Å². The Bertz CT molecular complexity index is 1250. The molecule has 0 atom stereocenters. The molecular formula is C29H36. The molecule has 0 spiro atoms. The van der Waals surface area contributed by atoms with Gasteiger partial charge in [-0.2, -0.15) is 0 Å². The lowest BCUT2D eigenvalue weighted by Gasteiger charge is -2.29. The van der Waals surface area contributed by atoms with Gasteiger partial charge in [0.2, 0.25) is 0 Å². The molecule has 0 amide bonds. The van der Waals surface area contributed by atoms with Crippen molar-refractivity contribution in [3.8, 4) is 11.1 Å². The van der Waals surface area contributed by atoms with Gasteiger partial charge in [-0.3, -0.25) is 0 Å². The zero-order valence-corrected chi connectivity index (χ0v) is 20.5. The number of rotatable bonds is 0. The summed E-state index contributed by atoms with van der Waals surface area (Å²) in [6.45, 7) is 28.1. The lowest BCUT2D eigenvalue weighted by molar-refractivity contribution is 0.659. The van der Waals surface area contributed by atoms with Crippen LogP contribution >= 0.6 is 0 Å². The van der Waals surface area contributed by atoms with Crippen LogP contribution in [-0.2, 0) is 5.41 Å². The number of fused-ring (bicyclic) bond motifs is 5. The summed E-state index contributed by atoms with van der Waals surface area (Å²) in [5.74, 6) is 0. The molecule has 0 heteroatoms. The summed E-state index contributed by atoms with van der Waals surface area (Å²) < 4.78 is 0. The van der Waals surface area contributed by atoms with Crippen molar-refractivity contribution < 1.29 is 0 Å². The summed E-state index contributed by atoms with van der Waals surface area (Å²) in [7, 11) is 0. The van der Waals surface area contributed by atoms with Crippen LogP contribution in [0, 0.1) is 69.2 Å². The number of benzene rings is 3. The first-order valence-electron chi connectivity index (χ1n) is 11.0. The first kappa shape index (κ1) is 20.2. The highest BCUT2D eigenvalue weighted by Gasteiger charge is 2.42. The fourth-order valence-electron chi connectivity index (χ4n) is 6.25. The highest BCUT2D eigenvalue weighted by atomic mass is 14.4. The largest absolute Gasteiger partial charge is 0.0516 e. The van der Waals surface area contributed by atoms with Crippen molar-refractivity contribution >= 4 is 10.8 Å². The topological polar surface area (TPSA) is 0 Å². The van der Waals surface area contributed by atoms with Crippen LogP contribution in [0.1, 0.15) is 80.6 Å². The second-order valence-electron chi connectivity index (χ2n) is 10.1. The predicted molar refractivity (Wildman–Crippen MR) is 129 cm³/mol. The van der Waals surface area contributed by atoms with Crippen molar-refractivity contribution in [2.45, 2.75) is 88.5 Å². The summed E-state index contributed by atoms with van der Waals surface area (Å²) in [6.07, 6.45) is 0. The molecule has 29 heavy (non-hydrogen) atoms. The zero-order valence-electron chi connectivity index (χ0n) is 20.5. The van der Waals surface area contributed by atoms with Gasteiger partial charge in [0.15, 0.2) is 0 Å². The second-order valence-corrected chi connectivity index (χ2v) is 10.1. The van der Waals surface area contributed by atoms with E-state index in [9.17, 15) is 0 Å². The normalized spacial score (nSPS) is 14.5. The average Bonchev–Trinajstić information content (AvgIpc) is 2.91. The molecule has 0 N–H and O–H groups in total. The van der Waals surface area contributed by atoms with Gasteiger partial charge in [-0.25, -0.2) is 0 Å². The first-order valence-corrected chi connectivity index (χ1v) is 11.0. The maximum absolute atomic E-state index is 2.46. The minimum Gasteiger partial charge on any atom is -0.0516 e. The van der Waals surface area contributed by atoms with Gasteiger partial charge in [0.25, 0.3) is 0 Å². The average molecular weight is 385 g/mol.